The highest BCUT2D eigenvalue weighted by atomic mass is 35.5. The number of fused-ring (bicyclic) bond motifs is 1. The van der Waals surface area contributed by atoms with E-state index < -0.39 is 5.91 Å². The molecule has 7 nitrogen and oxygen atoms in total. The molecular formula is C11H14ClN5O2. The summed E-state index contributed by atoms with van der Waals surface area (Å²) in [6, 6.07) is -0.184. The number of imidazole rings is 1. The van der Waals surface area contributed by atoms with Crippen LogP contribution in [0.1, 0.15) is 25.2 Å². The number of aromatic nitrogens is 4. The number of hydrogen-bond donors (Lipinski definition) is 1. The zero-order chi connectivity index (χ0) is 14.0. The molecule has 1 unspecified atom stereocenters. The van der Waals surface area contributed by atoms with Crippen LogP contribution in [-0.2, 0) is 10.7 Å². The Balaban J connectivity index is 2.61. The highest BCUT2D eigenvalue weighted by Gasteiger charge is 2.20. The molecule has 0 bridgehead atoms. The van der Waals surface area contributed by atoms with Gasteiger partial charge >= 0.3 is 0 Å². The van der Waals surface area contributed by atoms with Crippen LogP contribution in [0.3, 0.4) is 0 Å². The average Bonchev–Trinajstić information content (AvgIpc) is 2.75. The van der Waals surface area contributed by atoms with Gasteiger partial charge in [0.05, 0.1) is 13.0 Å². The van der Waals surface area contributed by atoms with Gasteiger partial charge in [0.15, 0.2) is 11.2 Å². The summed E-state index contributed by atoms with van der Waals surface area (Å²) >= 11 is 5.89. The van der Waals surface area contributed by atoms with Crippen molar-refractivity contribution in [1.82, 2.24) is 19.5 Å². The number of nitrogens with zero attached hydrogens (tertiary/aromatic N) is 4. The maximum Gasteiger partial charge on any atom is 0.245 e. The number of carbonyl (C=O) groups excluding carboxylic acids is 1. The van der Waals surface area contributed by atoms with Gasteiger partial charge < -0.3 is 15.0 Å². The van der Waals surface area contributed by atoms with Gasteiger partial charge in [-0.2, -0.15) is 4.98 Å². The van der Waals surface area contributed by atoms with E-state index in [0.717, 1.165) is 0 Å². The second-order valence-electron chi connectivity index (χ2n) is 4.11. The van der Waals surface area contributed by atoms with Crippen LogP contribution >= 0.6 is 11.6 Å². The van der Waals surface area contributed by atoms with Gasteiger partial charge in [-0.3, -0.25) is 4.79 Å². The Morgan fingerprint density at radius 3 is 2.89 bits per heavy atom. The average molecular weight is 284 g/mol. The first-order valence-electron chi connectivity index (χ1n) is 5.68. The summed E-state index contributed by atoms with van der Waals surface area (Å²) in [7, 11) is 1.51. The maximum absolute atomic E-state index is 11.1. The maximum atomic E-state index is 11.1. The number of rotatable bonds is 5. The van der Waals surface area contributed by atoms with Crippen molar-refractivity contribution < 1.29 is 9.53 Å². The fourth-order valence-electron chi connectivity index (χ4n) is 2.02. The van der Waals surface area contributed by atoms with Gasteiger partial charge in [-0.05, 0) is 6.92 Å². The minimum atomic E-state index is -0.393. The van der Waals surface area contributed by atoms with Crippen LogP contribution in [-0.4, -0.2) is 32.5 Å². The van der Waals surface area contributed by atoms with Crippen molar-refractivity contribution in [1.29, 1.82) is 0 Å². The van der Waals surface area contributed by atoms with Crippen molar-refractivity contribution in [2.45, 2.75) is 25.3 Å². The van der Waals surface area contributed by atoms with Gasteiger partial charge in [0.25, 0.3) is 0 Å². The van der Waals surface area contributed by atoms with Crippen molar-refractivity contribution in [2.24, 2.45) is 5.73 Å². The normalized spacial score (nSPS) is 12.6. The lowest BCUT2D eigenvalue weighted by molar-refractivity contribution is -0.118. The van der Waals surface area contributed by atoms with E-state index in [9.17, 15) is 4.79 Å². The van der Waals surface area contributed by atoms with E-state index in [4.69, 9.17) is 22.1 Å². The molecule has 2 N–H and O–H groups in total. The van der Waals surface area contributed by atoms with Gasteiger partial charge in [0.1, 0.15) is 12.2 Å². The first-order chi connectivity index (χ1) is 9.08. The van der Waals surface area contributed by atoms with Crippen LogP contribution in [0, 0.1) is 0 Å². The molecule has 0 aliphatic heterocycles. The summed E-state index contributed by atoms with van der Waals surface area (Å²) in [5.41, 5.74) is 6.33. The summed E-state index contributed by atoms with van der Waals surface area (Å²) < 4.78 is 6.93. The quantitative estimate of drug-likeness (QED) is 0.826. The molecule has 2 heterocycles. The first kappa shape index (κ1) is 13.5. The van der Waals surface area contributed by atoms with Crippen molar-refractivity contribution in [3.8, 4) is 5.88 Å². The number of primary amides is 1. The molecule has 0 aliphatic carbocycles. The highest BCUT2D eigenvalue weighted by Crippen LogP contribution is 2.26. The van der Waals surface area contributed by atoms with Crippen LogP contribution in [0.4, 0.5) is 0 Å². The molecule has 2 aromatic rings. The van der Waals surface area contributed by atoms with E-state index in [-0.39, 0.29) is 18.3 Å². The fourth-order valence-corrected chi connectivity index (χ4v) is 2.21. The van der Waals surface area contributed by atoms with E-state index in [1.165, 1.54) is 13.4 Å². The lowest BCUT2D eigenvalue weighted by Crippen LogP contribution is -2.18. The number of ether oxygens (including phenoxy) is 1. The molecule has 0 aromatic carbocycles. The molecule has 8 heteroatoms. The molecule has 0 radical (unpaired) electrons. The molecule has 0 spiro atoms. The fraction of sp³-hybridized carbons (Fsp3) is 0.455. The molecule has 1 atom stereocenters. The van der Waals surface area contributed by atoms with Crippen LogP contribution < -0.4 is 10.5 Å². The molecule has 19 heavy (non-hydrogen) atoms. The minimum Gasteiger partial charge on any atom is -0.479 e. The van der Waals surface area contributed by atoms with Crippen LogP contribution in [0.2, 0.25) is 0 Å². The highest BCUT2D eigenvalue weighted by molar-refractivity contribution is 6.16. The molecule has 2 rings (SSSR count). The number of methoxy groups -OCH3 is 1. The second kappa shape index (κ2) is 5.40. The van der Waals surface area contributed by atoms with E-state index in [1.807, 2.05) is 6.92 Å². The van der Waals surface area contributed by atoms with Crippen LogP contribution in [0.25, 0.3) is 11.2 Å². The Labute approximate surface area is 114 Å². The lowest BCUT2D eigenvalue weighted by Gasteiger charge is -2.14. The molecule has 0 aliphatic rings. The summed E-state index contributed by atoms with van der Waals surface area (Å²) in [5.74, 6) is 0.782. The van der Waals surface area contributed by atoms with E-state index in [2.05, 4.69) is 15.0 Å². The van der Waals surface area contributed by atoms with Crippen LogP contribution in [0.15, 0.2) is 6.33 Å². The number of amides is 1. The predicted octanol–water partition coefficient (Wildman–Crippen LogP) is 1.01. The monoisotopic (exact) mass is 283 g/mol. The van der Waals surface area contributed by atoms with Crippen molar-refractivity contribution in [2.75, 3.05) is 7.11 Å². The van der Waals surface area contributed by atoms with Gasteiger partial charge in [-0.15, -0.1) is 11.6 Å². The standard InChI is InChI=1S/C11H14ClN5O2/c1-6(3-7(13)18)17-8(4-12)16-9-10(17)14-5-15-11(9)19-2/h5-6H,3-4H2,1-2H3,(H2,13,18). The van der Waals surface area contributed by atoms with Crippen LogP contribution in [0.5, 0.6) is 5.88 Å². The minimum absolute atomic E-state index is 0.182. The van der Waals surface area contributed by atoms with Gasteiger partial charge in [-0.1, -0.05) is 0 Å². The Morgan fingerprint density at radius 2 is 2.32 bits per heavy atom. The summed E-state index contributed by atoms with van der Waals surface area (Å²) in [4.78, 5) is 23.6. The Kier molecular flexibility index (Phi) is 3.84. The number of alkyl halides is 1. The molecule has 102 valence electrons. The van der Waals surface area contributed by atoms with E-state index >= 15 is 0 Å². The van der Waals surface area contributed by atoms with Gasteiger partial charge in [0, 0.05) is 12.5 Å². The third-order valence-electron chi connectivity index (χ3n) is 2.77. The summed E-state index contributed by atoms with van der Waals surface area (Å²) in [6.07, 6.45) is 1.57. The smallest absolute Gasteiger partial charge is 0.245 e. The predicted molar refractivity (Wildman–Crippen MR) is 70.0 cm³/mol. The summed E-state index contributed by atoms with van der Waals surface area (Å²) in [5, 5.41) is 0. The number of carbonyl (C=O) groups is 1. The summed E-state index contributed by atoms with van der Waals surface area (Å²) in [6.45, 7) is 1.86. The van der Waals surface area contributed by atoms with Crippen molar-refractivity contribution in [3.63, 3.8) is 0 Å². The van der Waals surface area contributed by atoms with E-state index in [0.29, 0.717) is 22.9 Å². The molecular weight excluding hydrogens is 270 g/mol. The Hall–Kier alpha value is -1.89. The molecule has 2 aromatic heterocycles. The zero-order valence-electron chi connectivity index (χ0n) is 10.6. The van der Waals surface area contributed by atoms with Crippen molar-refractivity contribution in [3.05, 3.63) is 12.2 Å². The van der Waals surface area contributed by atoms with Gasteiger partial charge in [-0.25, -0.2) is 9.97 Å². The van der Waals surface area contributed by atoms with Crippen molar-refractivity contribution >= 4 is 28.7 Å². The van der Waals surface area contributed by atoms with Gasteiger partial charge in [0.2, 0.25) is 11.8 Å². The Morgan fingerprint density at radius 1 is 1.58 bits per heavy atom. The molecule has 0 saturated carbocycles. The number of hydrogen-bond acceptors (Lipinski definition) is 5. The molecule has 0 saturated heterocycles. The topological polar surface area (TPSA) is 95.9 Å². The van der Waals surface area contributed by atoms with E-state index in [1.54, 1.807) is 4.57 Å². The number of nitrogens with two attached hydrogens (primary N) is 1. The number of halogens is 1. The SMILES string of the molecule is COc1ncnc2c1nc(CCl)n2C(C)CC(N)=O. The first-order valence-corrected chi connectivity index (χ1v) is 6.22. The molecule has 1 amide bonds. The zero-order valence-corrected chi connectivity index (χ0v) is 11.4. The lowest BCUT2D eigenvalue weighted by atomic mass is 10.2. The largest absolute Gasteiger partial charge is 0.479 e. The second-order valence-corrected chi connectivity index (χ2v) is 4.37. The third-order valence-corrected chi connectivity index (χ3v) is 3.01. The Bertz CT molecular complexity index is 612. The third kappa shape index (κ3) is 2.46. The molecule has 0 fully saturated rings.